The zero-order chi connectivity index (χ0) is 17.9. The number of fused-ring (bicyclic) bond motifs is 1. The van der Waals surface area contributed by atoms with Gasteiger partial charge in [0.2, 0.25) is 17.6 Å². The van der Waals surface area contributed by atoms with E-state index >= 15 is 0 Å². The highest BCUT2D eigenvalue weighted by molar-refractivity contribution is 5.95. The van der Waals surface area contributed by atoms with Crippen molar-refractivity contribution in [2.24, 2.45) is 0 Å². The highest BCUT2D eigenvalue weighted by Crippen LogP contribution is 2.28. The SMILES string of the molecule is CCc1ccc(-c2noc(CCC(=O)N3CCc4ccccc43)n2)cc1. The van der Waals surface area contributed by atoms with Gasteiger partial charge in [0.1, 0.15) is 0 Å². The van der Waals surface area contributed by atoms with Crippen molar-refractivity contribution in [1.82, 2.24) is 10.1 Å². The summed E-state index contributed by atoms with van der Waals surface area (Å²) in [5.74, 6) is 1.17. The predicted molar refractivity (Wildman–Crippen MR) is 99.9 cm³/mol. The van der Waals surface area contributed by atoms with Gasteiger partial charge in [0, 0.05) is 30.6 Å². The van der Waals surface area contributed by atoms with Crippen molar-refractivity contribution < 1.29 is 9.32 Å². The zero-order valence-electron chi connectivity index (χ0n) is 14.8. The summed E-state index contributed by atoms with van der Waals surface area (Å²) in [7, 11) is 0. The topological polar surface area (TPSA) is 59.2 Å². The van der Waals surface area contributed by atoms with Crippen LogP contribution in [0.3, 0.4) is 0 Å². The van der Waals surface area contributed by atoms with Crippen LogP contribution in [0, 0.1) is 0 Å². The van der Waals surface area contributed by atoms with Gasteiger partial charge in [-0.05, 0) is 30.0 Å². The highest BCUT2D eigenvalue weighted by Gasteiger charge is 2.24. The molecule has 26 heavy (non-hydrogen) atoms. The van der Waals surface area contributed by atoms with Crippen LogP contribution in [0.1, 0.15) is 30.4 Å². The number of hydrogen-bond donors (Lipinski definition) is 0. The first-order valence-corrected chi connectivity index (χ1v) is 9.05. The molecule has 0 aliphatic carbocycles. The molecule has 1 aliphatic rings. The fourth-order valence-electron chi connectivity index (χ4n) is 3.31. The van der Waals surface area contributed by atoms with Crippen molar-refractivity contribution in [2.45, 2.75) is 32.6 Å². The van der Waals surface area contributed by atoms with Crippen molar-refractivity contribution in [3.63, 3.8) is 0 Å². The number of para-hydroxylation sites is 1. The predicted octanol–water partition coefficient (Wildman–Crippen LogP) is 3.82. The molecule has 2 heterocycles. The molecular formula is C21H21N3O2. The molecule has 0 unspecified atom stereocenters. The molecule has 132 valence electrons. The molecule has 1 aromatic heterocycles. The lowest BCUT2D eigenvalue weighted by Crippen LogP contribution is -2.29. The van der Waals surface area contributed by atoms with Crippen LogP contribution in [-0.4, -0.2) is 22.6 Å². The van der Waals surface area contributed by atoms with Gasteiger partial charge in [-0.1, -0.05) is 54.5 Å². The minimum atomic E-state index is 0.0991. The van der Waals surface area contributed by atoms with Crippen molar-refractivity contribution in [2.75, 3.05) is 11.4 Å². The molecule has 2 aromatic carbocycles. The first kappa shape index (κ1) is 16.5. The molecule has 4 rings (SSSR count). The third kappa shape index (κ3) is 3.25. The molecule has 0 N–H and O–H groups in total. The monoisotopic (exact) mass is 347 g/mol. The van der Waals surface area contributed by atoms with Crippen LogP contribution in [0.2, 0.25) is 0 Å². The number of aryl methyl sites for hydroxylation is 2. The Morgan fingerprint density at radius 1 is 1.15 bits per heavy atom. The number of carbonyl (C=O) groups excluding carboxylic acids is 1. The minimum Gasteiger partial charge on any atom is -0.339 e. The molecule has 0 fully saturated rings. The molecular weight excluding hydrogens is 326 g/mol. The first-order chi connectivity index (χ1) is 12.7. The van der Waals surface area contributed by atoms with Gasteiger partial charge in [-0.25, -0.2) is 0 Å². The molecule has 1 amide bonds. The van der Waals surface area contributed by atoms with Gasteiger partial charge in [0.25, 0.3) is 0 Å². The summed E-state index contributed by atoms with van der Waals surface area (Å²) in [6, 6.07) is 16.2. The second-order valence-electron chi connectivity index (χ2n) is 6.49. The number of benzene rings is 2. The Bertz CT molecular complexity index is 915. The van der Waals surface area contributed by atoms with E-state index in [0.717, 1.165) is 30.6 Å². The van der Waals surface area contributed by atoms with Crippen molar-refractivity contribution in [1.29, 1.82) is 0 Å². The number of aromatic nitrogens is 2. The smallest absolute Gasteiger partial charge is 0.227 e. The maximum Gasteiger partial charge on any atom is 0.227 e. The van der Waals surface area contributed by atoms with Crippen LogP contribution < -0.4 is 4.90 Å². The molecule has 3 aromatic rings. The van der Waals surface area contributed by atoms with Crippen molar-refractivity contribution >= 4 is 11.6 Å². The van der Waals surface area contributed by atoms with Gasteiger partial charge < -0.3 is 9.42 Å². The van der Waals surface area contributed by atoms with Crippen LogP contribution in [0.5, 0.6) is 0 Å². The Labute approximate surface area is 152 Å². The molecule has 5 heteroatoms. The summed E-state index contributed by atoms with van der Waals surface area (Å²) in [6.45, 7) is 2.87. The summed E-state index contributed by atoms with van der Waals surface area (Å²) in [5.41, 5.74) is 4.46. The molecule has 5 nitrogen and oxygen atoms in total. The fourth-order valence-corrected chi connectivity index (χ4v) is 3.31. The van der Waals surface area contributed by atoms with Gasteiger partial charge in [-0.3, -0.25) is 4.79 Å². The first-order valence-electron chi connectivity index (χ1n) is 9.05. The number of hydrogen-bond acceptors (Lipinski definition) is 4. The number of rotatable bonds is 5. The third-order valence-electron chi connectivity index (χ3n) is 4.83. The summed E-state index contributed by atoms with van der Waals surface area (Å²) < 4.78 is 5.33. The van der Waals surface area contributed by atoms with Crippen LogP contribution >= 0.6 is 0 Å². The molecule has 0 spiro atoms. The zero-order valence-corrected chi connectivity index (χ0v) is 14.8. The largest absolute Gasteiger partial charge is 0.339 e. The van der Waals surface area contributed by atoms with E-state index in [-0.39, 0.29) is 5.91 Å². The van der Waals surface area contributed by atoms with Crippen molar-refractivity contribution in [3.8, 4) is 11.4 Å². The van der Waals surface area contributed by atoms with E-state index in [2.05, 4.69) is 35.3 Å². The molecule has 0 atom stereocenters. The minimum absolute atomic E-state index is 0.0991. The third-order valence-corrected chi connectivity index (χ3v) is 4.83. The average molecular weight is 347 g/mol. The Morgan fingerprint density at radius 2 is 1.96 bits per heavy atom. The maximum absolute atomic E-state index is 12.6. The number of anilines is 1. The molecule has 0 bridgehead atoms. The van der Waals surface area contributed by atoms with E-state index in [1.807, 2.05) is 35.2 Å². The van der Waals surface area contributed by atoms with E-state index in [1.54, 1.807) is 0 Å². The van der Waals surface area contributed by atoms with Crippen LogP contribution in [0.15, 0.2) is 53.1 Å². The van der Waals surface area contributed by atoms with E-state index in [4.69, 9.17) is 4.52 Å². The number of amides is 1. The quantitative estimate of drug-likeness (QED) is 0.704. The number of nitrogens with zero attached hydrogens (tertiary/aromatic N) is 3. The Kier molecular flexibility index (Phi) is 4.52. The highest BCUT2D eigenvalue weighted by atomic mass is 16.5. The van der Waals surface area contributed by atoms with Gasteiger partial charge >= 0.3 is 0 Å². The Hall–Kier alpha value is -2.95. The van der Waals surface area contributed by atoms with Crippen molar-refractivity contribution in [3.05, 3.63) is 65.5 Å². The normalized spacial score (nSPS) is 13.0. The summed E-state index contributed by atoms with van der Waals surface area (Å²) in [4.78, 5) is 18.9. The van der Waals surface area contributed by atoms with Gasteiger partial charge in [-0.2, -0.15) is 4.98 Å². The van der Waals surface area contributed by atoms with Gasteiger partial charge in [0.05, 0.1) is 0 Å². The lowest BCUT2D eigenvalue weighted by atomic mass is 10.1. The standard InChI is InChI=1S/C21H21N3O2/c1-2-15-7-9-17(10-8-15)21-22-19(26-23-21)11-12-20(25)24-14-13-16-5-3-4-6-18(16)24/h3-10H,2,11-14H2,1H3. The maximum atomic E-state index is 12.6. The average Bonchev–Trinajstić information content (AvgIpc) is 3.33. The molecule has 0 saturated heterocycles. The summed E-state index contributed by atoms with van der Waals surface area (Å²) >= 11 is 0. The lowest BCUT2D eigenvalue weighted by molar-refractivity contribution is -0.118. The van der Waals surface area contributed by atoms with E-state index in [9.17, 15) is 4.79 Å². The van der Waals surface area contributed by atoms with E-state index in [1.165, 1.54) is 11.1 Å². The Balaban J connectivity index is 1.39. The van der Waals surface area contributed by atoms with E-state index < -0.39 is 0 Å². The van der Waals surface area contributed by atoms with Crippen LogP contribution in [0.4, 0.5) is 5.69 Å². The summed E-state index contributed by atoms with van der Waals surface area (Å²) in [6.07, 6.45) is 2.74. The van der Waals surface area contributed by atoms with Crippen LogP contribution in [-0.2, 0) is 24.1 Å². The van der Waals surface area contributed by atoms with Crippen LogP contribution in [0.25, 0.3) is 11.4 Å². The molecule has 0 saturated carbocycles. The lowest BCUT2D eigenvalue weighted by Gasteiger charge is -2.16. The Morgan fingerprint density at radius 3 is 2.77 bits per heavy atom. The fraction of sp³-hybridized carbons (Fsp3) is 0.286. The second kappa shape index (κ2) is 7.12. The van der Waals surface area contributed by atoms with Gasteiger partial charge in [-0.15, -0.1) is 0 Å². The van der Waals surface area contributed by atoms with Gasteiger partial charge in [0.15, 0.2) is 0 Å². The second-order valence-corrected chi connectivity index (χ2v) is 6.49. The number of carbonyl (C=O) groups is 1. The summed E-state index contributed by atoms with van der Waals surface area (Å²) in [5, 5.41) is 4.04. The molecule has 0 radical (unpaired) electrons. The van der Waals surface area contributed by atoms with E-state index in [0.29, 0.717) is 24.6 Å². The molecule has 1 aliphatic heterocycles.